The average Bonchev–Trinajstić information content (AvgIpc) is 2.92. The van der Waals surface area contributed by atoms with Gasteiger partial charge in [-0.15, -0.1) is 0 Å². The van der Waals surface area contributed by atoms with E-state index in [0.29, 0.717) is 18.4 Å². The molecule has 0 amide bonds. The Labute approximate surface area is 232 Å². The number of carbonyl (C=O) groups excluding carboxylic acids is 4. The normalized spacial score (nSPS) is 16.0. The van der Waals surface area contributed by atoms with Crippen LogP contribution in [0, 0.1) is 5.92 Å². The van der Waals surface area contributed by atoms with E-state index in [0.717, 1.165) is 44.9 Å². The van der Waals surface area contributed by atoms with Gasteiger partial charge >= 0.3 is 23.9 Å². The van der Waals surface area contributed by atoms with Gasteiger partial charge in [0.25, 0.3) is 0 Å². The smallest absolute Gasteiger partial charge is 0.323 e. The van der Waals surface area contributed by atoms with E-state index >= 15 is 0 Å². The fourth-order valence-corrected chi connectivity index (χ4v) is 4.25. The number of benzene rings is 1. The molecule has 0 bridgehead atoms. The van der Waals surface area contributed by atoms with Crippen LogP contribution in [0.4, 0.5) is 0 Å². The lowest BCUT2D eigenvalue weighted by Crippen LogP contribution is -2.40. The van der Waals surface area contributed by atoms with Crippen LogP contribution in [-0.2, 0) is 35.1 Å². The van der Waals surface area contributed by atoms with E-state index in [1.54, 1.807) is 26.0 Å². The van der Waals surface area contributed by atoms with E-state index in [-0.39, 0.29) is 42.6 Å². The van der Waals surface area contributed by atoms with Gasteiger partial charge in [-0.05, 0) is 63.6 Å². The van der Waals surface area contributed by atoms with Gasteiger partial charge in [-0.1, -0.05) is 52.0 Å². The Morgan fingerprint density at radius 2 is 1.41 bits per heavy atom. The summed E-state index contributed by atoms with van der Waals surface area (Å²) in [5, 5.41) is 0. The first kappa shape index (κ1) is 32.3. The molecule has 1 aromatic carbocycles. The molecule has 1 fully saturated rings. The molecule has 2 N–H and O–H groups in total. The lowest BCUT2D eigenvalue weighted by Gasteiger charge is -2.26. The van der Waals surface area contributed by atoms with Crippen LogP contribution in [-0.4, -0.2) is 42.1 Å². The van der Waals surface area contributed by atoms with E-state index in [9.17, 15) is 19.2 Å². The SMILES string of the molecule is CCCCC(=O)Oc1ccc(C[C@H](N)C(=O)O[C@@H](C)C(C)OC(=O)C2CCCCC2)cc1OC(=O)CCCC. The molecule has 0 aromatic heterocycles. The number of esters is 4. The highest BCUT2D eigenvalue weighted by Gasteiger charge is 2.28. The fraction of sp³-hybridized carbons (Fsp3) is 0.667. The molecule has 2 rings (SSSR count). The van der Waals surface area contributed by atoms with Gasteiger partial charge in [0.2, 0.25) is 0 Å². The number of nitrogens with two attached hydrogens (primary N) is 1. The molecule has 1 aromatic rings. The van der Waals surface area contributed by atoms with E-state index in [4.69, 9.17) is 24.7 Å². The van der Waals surface area contributed by atoms with Gasteiger partial charge in [0.05, 0.1) is 5.92 Å². The Balaban J connectivity index is 2.00. The first-order valence-electron chi connectivity index (χ1n) is 14.3. The molecule has 1 aliphatic carbocycles. The van der Waals surface area contributed by atoms with Crippen molar-refractivity contribution in [1.29, 1.82) is 0 Å². The van der Waals surface area contributed by atoms with E-state index < -0.39 is 36.2 Å². The Bertz CT molecular complexity index is 956. The molecule has 1 aliphatic rings. The van der Waals surface area contributed by atoms with Crippen LogP contribution in [0.5, 0.6) is 11.5 Å². The maximum Gasteiger partial charge on any atom is 0.323 e. The van der Waals surface area contributed by atoms with E-state index in [1.165, 1.54) is 6.07 Å². The summed E-state index contributed by atoms with van der Waals surface area (Å²) < 4.78 is 22.0. The van der Waals surface area contributed by atoms with Crippen LogP contribution in [0.2, 0.25) is 0 Å². The molecule has 1 saturated carbocycles. The van der Waals surface area contributed by atoms with Crippen molar-refractivity contribution < 1.29 is 38.1 Å². The minimum Gasteiger partial charge on any atom is -0.459 e. The van der Waals surface area contributed by atoms with Crippen molar-refractivity contribution in [2.75, 3.05) is 0 Å². The Morgan fingerprint density at radius 3 is 2.00 bits per heavy atom. The molecule has 1 unspecified atom stereocenters. The standard InChI is InChI=1S/C30H45NO8/c1-5-7-14-27(32)38-25-17-16-22(19-26(25)39-28(33)15-8-6-2)18-24(31)30(35)37-21(4)20(3)36-29(34)23-12-10-9-11-13-23/h16-17,19-21,23-24H,5-15,18,31H2,1-4H3/t20?,21-,24-/m0/s1. The molecule has 9 heteroatoms. The van der Waals surface area contributed by atoms with Gasteiger partial charge in [0.15, 0.2) is 11.5 Å². The summed E-state index contributed by atoms with van der Waals surface area (Å²) in [4.78, 5) is 49.6. The lowest BCUT2D eigenvalue weighted by molar-refractivity contribution is -0.169. The van der Waals surface area contributed by atoms with Crippen LogP contribution in [0.15, 0.2) is 18.2 Å². The van der Waals surface area contributed by atoms with Crippen molar-refractivity contribution in [2.24, 2.45) is 11.7 Å². The number of ether oxygens (including phenoxy) is 4. The molecular formula is C30H45NO8. The third-order valence-electron chi connectivity index (χ3n) is 6.89. The van der Waals surface area contributed by atoms with Crippen molar-refractivity contribution in [2.45, 2.75) is 123 Å². The number of rotatable bonds is 15. The van der Waals surface area contributed by atoms with Crippen LogP contribution in [0.25, 0.3) is 0 Å². The minimum atomic E-state index is -1.00. The summed E-state index contributed by atoms with van der Waals surface area (Å²) in [5.74, 6) is -1.58. The van der Waals surface area contributed by atoms with Gasteiger partial charge in [0, 0.05) is 12.8 Å². The first-order chi connectivity index (χ1) is 18.6. The van der Waals surface area contributed by atoms with Crippen molar-refractivity contribution in [3.8, 4) is 11.5 Å². The second-order valence-electron chi connectivity index (χ2n) is 10.4. The highest BCUT2D eigenvalue weighted by atomic mass is 16.6. The summed E-state index contributed by atoms with van der Waals surface area (Å²) in [6.45, 7) is 7.31. The van der Waals surface area contributed by atoms with Crippen molar-refractivity contribution in [3.05, 3.63) is 23.8 Å². The molecule has 0 radical (unpaired) electrons. The molecular weight excluding hydrogens is 502 g/mol. The summed E-state index contributed by atoms with van der Waals surface area (Å²) in [6.07, 6.45) is 7.21. The molecule has 9 nitrogen and oxygen atoms in total. The van der Waals surface area contributed by atoms with Gasteiger partial charge < -0.3 is 24.7 Å². The van der Waals surface area contributed by atoms with Gasteiger partial charge in [-0.25, -0.2) is 0 Å². The zero-order chi connectivity index (χ0) is 28.8. The second kappa shape index (κ2) is 16.9. The average molecular weight is 548 g/mol. The van der Waals surface area contributed by atoms with E-state index in [2.05, 4.69) is 0 Å². The molecule has 0 heterocycles. The zero-order valence-corrected chi connectivity index (χ0v) is 23.9. The van der Waals surface area contributed by atoms with Crippen molar-refractivity contribution in [1.82, 2.24) is 0 Å². The summed E-state index contributed by atoms with van der Waals surface area (Å²) >= 11 is 0. The summed E-state index contributed by atoms with van der Waals surface area (Å²) in [5.41, 5.74) is 6.74. The van der Waals surface area contributed by atoms with Crippen LogP contribution < -0.4 is 15.2 Å². The molecule has 0 saturated heterocycles. The van der Waals surface area contributed by atoms with Gasteiger partial charge in [0.1, 0.15) is 18.2 Å². The molecule has 3 atom stereocenters. The molecule has 39 heavy (non-hydrogen) atoms. The molecule has 218 valence electrons. The number of unbranched alkanes of at least 4 members (excludes halogenated alkanes) is 2. The van der Waals surface area contributed by atoms with Crippen LogP contribution in [0.3, 0.4) is 0 Å². The Morgan fingerprint density at radius 1 is 0.846 bits per heavy atom. The lowest BCUT2D eigenvalue weighted by atomic mass is 9.89. The minimum absolute atomic E-state index is 0.0921. The van der Waals surface area contributed by atoms with Crippen molar-refractivity contribution in [3.63, 3.8) is 0 Å². The topological polar surface area (TPSA) is 131 Å². The van der Waals surface area contributed by atoms with E-state index in [1.807, 2.05) is 13.8 Å². The maximum absolute atomic E-state index is 12.7. The third kappa shape index (κ3) is 11.4. The van der Waals surface area contributed by atoms with Crippen LogP contribution in [0.1, 0.15) is 104 Å². The van der Waals surface area contributed by atoms with Gasteiger partial charge in [-0.3, -0.25) is 19.2 Å². The second-order valence-corrected chi connectivity index (χ2v) is 10.4. The van der Waals surface area contributed by atoms with Gasteiger partial charge in [-0.2, -0.15) is 0 Å². The molecule has 0 spiro atoms. The predicted molar refractivity (Wildman–Crippen MR) is 146 cm³/mol. The third-order valence-corrected chi connectivity index (χ3v) is 6.89. The monoisotopic (exact) mass is 547 g/mol. The predicted octanol–water partition coefficient (Wildman–Crippen LogP) is 5.19. The maximum atomic E-state index is 12.7. The highest BCUT2D eigenvalue weighted by Crippen LogP contribution is 2.30. The van der Waals surface area contributed by atoms with Crippen LogP contribution >= 0.6 is 0 Å². The summed E-state index contributed by atoms with van der Waals surface area (Å²) in [7, 11) is 0. The molecule has 0 aliphatic heterocycles. The fourth-order valence-electron chi connectivity index (χ4n) is 4.25. The van der Waals surface area contributed by atoms with Crippen molar-refractivity contribution >= 4 is 23.9 Å². The number of hydrogen-bond donors (Lipinski definition) is 1. The summed E-state index contributed by atoms with van der Waals surface area (Å²) in [6, 6.07) is 3.75. The first-order valence-corrected chi connectivity index (χ1v) is 14.3. The Kier molecular flexibility index (Phi) is 14.0. The number of carbonyl (C=O) groups is 4. The quantitative estimate of drug-likeness (QED) is 0.233. The number of hydrogen-bond acceptors (Lipinski definition) is 9. The Hall–Kier alpha value is -2.94. The zero-order valence-electron chi connectivity index (χ0n) is 23.9. The highest BCUT2D eigenvalue weighted by molar-refractivity contribution is 5.77. The largest absolute Gasteiger partial charge is 0.459 e.